The Hall–Kier alpha value is -2.62. The Morgan fingerprint density at radius 3 is 2.31 bits per heavy atom. The van der Waals surface area contributed by atoms with Crippen molar-refractivity contribution < 1.29 is 14.7 Å². The second-order valence-electron chi connectivity index (χ2n) is 7.07. The van der Waals surface area contributed by atoms with Gasteiger partial charge in [-0.25, -0.2) is 4.79 Å². The van der Waals surface area contributed by atoms with Crippen LogP contribution in [0.15, 0.2) is 54.6 Å². The molecular formula is C22H25NO3. The van der Waals surface area contributed by atoms with E-state index in [-0.39, 0.29) is 11.8 Å². The molecule has 4 nitrogen and oxygen atoms in total. The van der Waals surface area contributed by atoms with E-state index in [4.69, 9.17) is 0 Å². The first-order valence-corrected chi connectivity index (χ1v) is 9.21. The van der Waals surface area contributed by atoms with Crippen LogP contribution in [0.1, 0.15) is 47.2 Å². The molecule has 1 saturated heterocycles. The van der Waals surface area contributed by atoms with Gasteiger partial charge in [0.2, 0.25) is 5.91 Å². The van der Waals surface area contributed by atoms with Gasteiger partial charge in [-0.15, -0.1) is 0 Å². The van der Waals surface area contributed by atoms with E-state index in [0.29, 0.717) is 11.5 Å². The lowest BCUT2D eigenvalue weighted by molar-refractivity contribution is -0.133. The van der Waals surface area contributed by atoms with Crippen LogP contribution in [0.25, 0.3) is 0 Å². The Bertz CT molecular complexity index is 764. The summed E-state index contributed by atoms with van der Waals surface area (Å²) in [5, 5.41) is 9.33. The molecule has 2 aromatic carbocycles. The molecule has 26 heavy (non-hydrogen) atoms. The summed E-state index contributed by atoms with van der Waals surface area (Å²) in [4.78, 5) is 26.1. The lowest BCUT2D eigenvalue weighted by Gasteiger charge is -2.34. The average Bonchev–Trinajstić information content (AvgIpc) is 2.68. The number of hydrogen-bond donors (Lipinski definition) is 1. The number of carboxylic acids is 1. The molecule has 4 heteroatoms. The van der Waals surface area contributed by atoms with Crippen LogP contribution in [0.5, 0.6) is 0 Å². The lowest BCUT2D eigenvalue weighted by Crippen LogP contribution is -2.41. The molecule has 0 unspecified atom stereocenters. The van der Waals surface area contributed by atoms with E-state index in [9.17, 15) is 14.7 Å². The Labute approximate surface area is 154 Å². The molecule has 1 amide bonds. The number of carbonyl (C=O) groups excluding carboxylic acids is 1. The van der Waals surface area contributed by atoms with Crippen molar-refractivity contribution in [3.05, 3.63) is 71.3 Å². The highest BCUT2D eigenvalue weighted by molar-refractivity contribution is 5.89. The summed E-state index contributed by atoms with van der Waals surface area (Å²) in [5.74, 6) is -0.391. The van der Waals surface area contributed by atoms with Gasteiger partial charge in [0.1, 0.15) is 0 Å². The van der Waals surface area contributed by atoms with Crippen LogP contribution in [0.4, 0.5) is 0 Å². The van der Waals surface area contributed by atoms with E-state index in [0.717, 1.165) is 43.5 Å². The van der Waals surface area contributed by atoms with E-state index >= 15 is 0 Å². The Kier molecular flexibility index (Phi) is 5.71. The number of amides is 1. The number of rotatable bonds is 5. The predicted octanol–water partition coefficient (Wildman–Crippen LogP) is 3.97. The van der Waals surface area contributed by atoms with E-state index < -0.39 is 5.97 Å². The zero-order chi connectivity index (χ0) is 18.5. The van der Waals surface area contributed by atoms with Crippen LogP contribution in [0, 0.1) is 5.92 Å². The second kappa shape index (κ2) is 8.17. The zero-order valence-electron chi connectivity index (χ0n) is 15.1. The topological polar surface area (TPSA) is 57.6 Å². The van der Waals surface area contributed by atoms with Gasteiger partial charge >= 0.3 is 5.97 Å². The third-order valence-electron chi connectivity index (χ3n) is 5.35. The largest absolute Gasteiger partial charge is 0.478 e. The number of benzene rings is 2. The smallest absolute Gasteiger partial charge is 0.335 e. The number of likely N-dealkylation sites (tertiary alicyclic amines) is 1. The maximum atomic E-state index is 12.8. The van der Waals surface area contributed by atoms with Gasteiger partial charge < -0.3 is 10.0 Å². The summed E-state index contributed by atoms with van der Waals surface area (Å²) in [6.07, 6.45) is 2.60. The van der Waals surface area contributed by atoms with Crippen molar-refractivity contribution in [3.63, 3.8) is 0 Å². The molecule has 1 N–H and O–H groups in total. The summed E-state index contributed by atoms with van der Waals surface area (Å²) in [6, 6.07) is 17.1. The van der Waals surface area contributed by atoms with Crippen LogP contribution in [0.2, 0.25) is 0 Å². The van der Waals surface area contributed by atoms with Gasteiger partial charge in [0.25, 0.3) is 0 Å². The van der Waals surface area contributed by atoms with Gasteiger partial charge in [0.05, 0.1) is 11.5 Å². The molecule has 0 aromatic heterocycles. The van der Waals surface area contributed by atoms with Gasteiger partial charge in [0.15, 0.2) is 0 Å². The molecule has 136 valence electrons. The summed E-state index contributed by atoms with van der Waals surface area (Å²) in [6.45, 7) is 3.46. The molecule has 0 spiro atoms. The third kappa shape index (κ3) is 4.13. The maximum absolute atomic E-state index is 12.8. The van der Waals surface area contributed by atoms with Crippen LogP contribution >= 0.6 is 0 Å². The minimum atomic E-state index is -0.870. The maximum Gasteiger partial charge on any atom is 0.335 e. The van der Waals surface area contributed by atoms with Crippen molar-refractivity contribution in [2.24, 2.45) is 5.92 Å². The Morgan fingerprint density at radius 2 is 1.65 bits per heavy atom. The molecule has 1 atom stereocenters. The molecule has 2 aromatic rings. The lowest BCUT2D eigenvalue weighted by atomic mass is 9.87. The molecule has 0 radical (unpaired) electrons. The fourth-order valence-corrected chi connectivity index (χ4v) is 3.73. The Balaban J connectivity index is 1.58. The summed E-state index contributed by atoms with van der Waals surface area (Å²) in [5.41, 5.74) is 2.33. The minimum Gasteiger partial charge on any atom is -0.478 e. The van der Waals surface area contributed by atoms with Crippen LogP contribution < -0.4 is 0 Å². The summed E-state index contributed by atoms with van der Waals surface area (Å²) in [7, 11) is 0. The monoisotopic (exact) mass is 351 g/mol. The highest BCUT2D eigenvalue weighted by atomic mass is 16.4. The van der Waals surface area contributed by atoms with Gasteiger partial charge in [-0.1, -0.05) is 48.5 Å². The van der Waals surface area contributed by atoms with Gasteiger partial charge in [-0.05, 0) is 49.3 Å². The quantitative estimate of drug-likeness (QED) is 0.887. The number of carboxylic acid groups (broad SMARTS) is 1. The highest BCUT2D eigenvalue weighted by Crippen LogP contribution is 2.26. The highest BCUT2D eigenvalue weighted by Gasteiger charge is 2.27. The minimum absolute atomic E-state index is 0.125. The van der Waals surface area contributed by atoms with E-state index in [1.54, 1.807) is 12.1 Å². The Morgan fingerprint density at radius 1 is 1.04 bits per heavy atom. The van der Waals surface area contributed by atoms with Crippen LogP contribution in [-0.2, 0) is 11.2 Å². The normalized spacial score (nSPS) is 16.3. The molecule has 3 rings (SSSR count). The average molecular weight is 351 g/mol. The number of carbonyl (C=O) groups is 2. The van der Waals surface area contributed by atoms with Gasteiger partial charge in [0, 0.05) is 13.1 Å². The van der Waals surface area contributed by atoms with E-state index in [2.05, 4.69) is 0 Å². The number of nitrogens with zero attached hydrogens (tertiary/aromatic N) is 1. The van der Waals surface area contributed by atoms with Crippen molar-refractivity contribution in [1.29, 1.82) is 0 Å². The van der Waals surface area contributed by atoms with Gasteiger partial charge in [-0.2, -0.15) is 0 Å². The second-order valence-corrected chi connectivity index (χ2v) is 7.07. The first-order chi connectivity index (χ1) is 12.6. The van der Waals surface area contributed by atoms with Crippen molar-refractivity contribution in [2.45, 2.75) is 32.1 Å². The zero-order valence-corrected chi connectivity index (χ0v) is 15.1. The third-order valence-corrected chi connectivity index (χ3v) is 5.35. The summed E-state index contributed by atoms with van der Waals surface area (Å²) >= 11 is 0. The van der Waals surface area contributed by atoms with Crippen molar-refractivity contribution in [3.8, 4) is 0 Å². The van der Waals surface area contributed by atoms with E-state index in [1.165, 1.54) is 0 Å². The van der Waals surface area contributed by atoms with Crippen molar-refractivity contribution in [2.75, 3.05) is 13.1 Å². The fourth-order valence-electron chi connectivity index (χ4n) is 3.73. The molecule has 1 heterocycles. The number of aromatic carboxylic acids is 1. The fraction of sp³-hybridized carbons (Fsp3) is 0.364. The van der Waals surface area contributed by atoms with Crippen LogP contribution in [-0.4, -0.2) is 35.0 Å². The summed E-state index contributed by atoms with van der Waals surface area (Å²) < 4.78 is 0. The van der Waals surface area contributed by atoms with Crippen molar-refractivity contribution in [1.82, 2.24) is 4.90 Å². The van der Waals surface area contributed by atoms with Crippen LogP contribution in [0.3, 0.4) is 0 Å². The molecule has 1 aliphatic heterocycles. The number of hydrogen-bond acceptors (Lipinski definition) is 2. The molecule has 0 saturated carbocycles. The molecule has 1 fully saturated rings. The van der Waals surface area contributed by atoms with E-state index in [1.807, 2.05) is 54.3 Å². The molecule has 1 aliphatic rings. The van der Waals surface area contributed by atoms with Crippen molar-refractivity contribution >= 4 is 11.9 Å². The molecule has 0 aliphatic carbocycles. The van der Waals surface area contributed by atoms with Gasteiger partial charge in [-0.3, -0.25) is 4.79 Å². The SMILES string of the molecule is C[C@H](C(=O)N1CCC(Cc2ccccc2C(=O)O)CC1)c1ccccc1. The standard InChI is InChI=1S/C22H25NO3/c1-16(18-7-3-2-4-8-18)21(24)23-13-11-17(12-14-23)15-19-9-5-6-10-20(19)22(25)26/h2-10,16-17H,11-15H2,1H3,(H,25,26)/t16-/m0/s1. The first-order valence-electron chi connectivity index (χ1n) is 9.21. The predicted molar refractivity (Wildman–Crippen MR) is 101 cm³/mol. The molecule has 0 bridgehead atoms. The molecular weight excluding hydrogens is 326 g/mol. The number of piperidine rings is 1. The first kappa shape index (κ1) is 18.2.